The summed E-state index contributed by atoms with van der Waals surface area (Å²) >= 11 is 5.91. The molecule has 0 bridgehead atoms. The number of hydrogen-bond acceptors (Lipinski definition) is 2. The van der Waals surface area contributed by atoms with Gasteiger partial charge < -0.3 is 10.6 Å². The fraction of sp³-hybridized carbons (Fsp3) is 0.364. The van der Waals surface area contributed by atoms with E-state index in [1.165, 1.54) is 0 Å². The van der Waals surface area contributed by atoms with Gasteiger partial charge in [-0.2, -0.15) is 0 Å². The van der Waals surface area contributed by atoms with Crippen LogP contribution in [0.2, 0.25) is 5.02 Å². The molecule has 0 spiro atoms. The second-order valence-corrected chi connectivity index (χ2v) is 4.05. The lowest BCUT2D eigenvalue weighted by molar-refractivity contribution is -0.121. The Kier molecular flexibility index (Phi) is 3.23. The smallest absolute Gasteiger partial charge is 0.221 e. The largest absolute Gasteiger partial charge is 0.355 e. The molecule has 2 rings (SSSR count). The predicted molar refractivity (Wildman–Crippen MR) is 59.8 cm³/mol. The van der Waals surface area contributed by atoms with E-state index in [1.54, 1.807) is 0 Å². The number of benzene rings is 1. The van der Waals surface area contributed by atoms with Crippen molar-refractivity contribution >= 4 is 17.5 Å². The van der Waals surface area contributed by atoms with E-state index in [2.05, 4.69) is 10.6 Å². The first-order valence-corrected chi connectivity index (χ1v) is 5.39. The van der Waals surface area contributed by atoms with Gasteiger partial charge in [-0.3, -0.25) is 4.79 Å². The highest BCUT2D eigenvalue weighted by atomic mass is 35.5. The molecular weight excluding hydrogens is 212 g/mol. The van der Waals surface area contributed by atoms with Crippen LogP contribution in [-0.4, -0.2) is 19.0 Å². The van der Waals surface area contributed by atoms with Gasteiger partial charge in [0.05, 0.1) is 0 Å². The summed E-state index contributed by atoms with van der Waals surface area (Å²) in [7, 11) is 0. The van der Waals surface area contributed by atoms with Crippen molar-refractivity contribution < 1.29 is 4.79 Å². The van der Waals surface area contributed by atoms with Gasteiger partial charge in [-0.15, -0.1) is 0 Å². The molecule has 1 aliphatic heterocycles. The first kappa shape index (κ1) is 10.5. The van der Waals surface area contributed by atoms with Crippen LogP contribution in [0.25, 0.3) is 0 Å². The van der Waals surface area contributed by atoms with Gasteiger partial charge in [-0.05, 0) is 17.7 Å². The minimum atomic E-state index is 0.0752. The van der Waals surface area contributed by atoms with Crippen molar-refractivity contribution in [2.24, 2.45) is 0 Å². The van der Waals surface area contributed by atoms with Gasteiger partial charge in [0.1, 0.15) is 0 Å². The summed E-state index contributed by atoms with van der Waals surface area (Å²) in [5, 5.41) is 6.85. The van der Waals surface area contributed by atoms with Crippen LogP contribution < -0.4 is 10.6 Å². The van der Waals surface area contributed by atoms with Gasteiger partial charge in [0.2, 0.25) is 5.91 Å². The van der Waals surface area contributed by atoms with Crippen molar-refractivity contribution in [1.29, 1.82) is 0 Å². The zero-order chi connectivity index (χ0) is 10.7. The number of hydrogen-bond donors (Lipinski definition) is 2. The maximum absolute atomic E-state index is 11.4. The number of nitrogens with one attached hydrogen (secondary N) is 2. The van der Waals surface area contributed by atoms with Crippen LogP contribution >= 0.6 is 11.6 Å². The van der Waals surface area contributed by atoms with Crippen molar-refractivity contribution in [3.05, 3.63) is 34.9 Å². The van der Waals surface area contributed by atoms with Crippen molar-refractivity contribution in [2.45, 2.75) is 12.5 Å². The van der Waals surface area contributed by atoms with Crippen LogP contribution in [-0.2, 0) is 4.79 Å². The Labute approximate surface area is 93.8 Å². The van der Waals surface area contributed by atoms with Gasteiger partial charge in [-0.1, -0.05) is 23.7 Å². The van der Waals surface area contributed by atoms with Gasteiger partial charge in [0, 0.05) is 30.6 Å². The number of carbonyl (C=O) groups excluding carboxylic acids is 1. The van der Waals surface area contributed by atoms with E-state index in [-0.39, 0.29) is 11.9 Å². The normalized spacial score (nSPS) is 21.9. The van der Waals surface area contributed by atoms with Crippen LogP contribution in [0, 0.1) is 0 Å². The molecule has 1 aliphatic rings. The molecule has 1 aromatic rings. The number of rotatable bonds is 1. The Balaban J connectivity index is 2.18. The fourth-order valence-electron chi connectivity index (χ4n) is 1.74. The molecule has 1 heterocycles. The van der Waals surface area contributed by atoms with E-state index >= 15 is 0 Å². The zero-order valence-electron chi connectivity index (χ0n) is 8.29. The van der Waals surface area contributed by atoms with E-state index in [9.17, 15) is 4.79 Å². The number of carbonyl (C=O) groups is 1. The van der Waals surface area contributed by atoms with Crippen molar-refractivity contribution in [2.75, 3.05) is 13.1 Å². The number of halogens is 1. The fourth-order valence-corrected chi connectivity index (χ4v) is 1.94. The maximum Gasteiger partial charge on any atom is 0.221 e. The molecule has 0 saturated carbocycles. The van der Waals surface area contributed by atoms with Crippen molar-refractivity contribution in [3.8, 4) is 0 Å². The molecule has 1 atom stereocenters. The molecule has 3 nitrogen and oxygen atoms in total. The van der Waals surface area contributed by atoms with E-state index in [0.717, 1.165) is 12.1 Å². The monoisotopic (exact) mass is 224 g/mol. The van der Waals surface area contributed by atoms with Crippen LogP contribution in [0.3, 0.4) is 0 Å². The van der Waals surface area contributed by atoms with Gasteiger partial charge >= 0.3 is 0 Å². The second kappa shape index (κ2) is 4.64. The molecule has 0 aliphatic carbocycles. The quantitative estimate of drug-likeness (QED) is 0.759. The van der Waals surface area contributed by atoms with E-state index in [4.69, 9.17) is 11.6 Å². The molecule has 1 amide bonds. The van der Waals surface area contributed by atoms with Crippen LogP contribution in [0.5, 0.6) is 0 Å². The molecule has 1 fully saturated rings. The molecule has 2 N–H and O–H groups in total. The first-order chi connectivity index (χ1) is 7.25. The minimum absolute atomic E-state index is 0.0752. The Morgan fingerprint density at radius 3 is 3.00 bits per heavy atom. The predicted octanol–water partition coefficient (Wildman–Crippen LogP) is 1.49. The average Bonchev–Trinajstić information content (AvgIpc) is 2.43. The Bertz CT molecular complexity index is 367. The lowest BCUT2D eigenvalue weighted by Gasteiger charge is -2.14. The summed E-state index contributed by atoms with van der Waals surface area (Å²) < 4.78 is 0. The summed E-state index contributed by atoms with van der Waals surface area (Å²) in [6, 6.07) is 7.70. The van der Waals surface area contributed by atoms with Gasteiger partial charge in [0.15, 0.2) is 0 Å². The number of amides is 1. The highest BCUT2D eigenvalue weighted by molar-refractivity contribution is 6.30. The third-order valence-electron chi connectivity index (χ3n) is 2.48. The van der Waals surface area contributed by atoms with Crippen LogP contribution in [0.1, 0.15) is 18.0 Å². The SMILES string of the molecule is O=C1CC(c2cccc(Cl)c2)NCCN1. The summed E-state index contributed by atoms with van der Waals surface area (Å²) in [6.45, 7) is 1.48. The Hall–Kier alpha value is -1.06. The first-order valence-electron chi connectivity index (χ1n) is 5.01. The molecule has 1 aromatic carbocycles. The van der Waals surface area contributed by atoms with Gasteiger partial charge in [-0.25, -0.2) is 0 Å². The Morgan fingerprint density at radius 2 is 2.20 bits per heavy atom. The lowest BCUT2D eigenvalue weighted by atomic mass is 10.0. The zero-order valence-corrected chi connectivity index (χ0v) is 9.05. The van der Waals surface area contributed by atoms with Crippen molar-refractivity contribution in [3.63, 3.8) is 0 Å². The molecule has 15 heavy (non-hydrogen) atoms. The van der Waals surface area contributed by atoms with E-state index < -0.39 is 0 Å². The van der Waals surface area contributed by atoms with Gasteiger partial charge in [0.25, 0.3) is 0 Å². The summed E-state index contributed by atoms with van der Waals surface area (Å²) in [4.78, 5) is 11.4. The minimum Gasteiger partial charge on any atom is -0.355 e. The topological polar surface area (TPSA) is 41.1 Å². The molecule has 0 aromatic heterocycles. The summed E-state index contributed by atoms with van der Waals surface area (Å²) in [5.41, 5.74) is 1.07. The second-order valence-electron chi connectivity index (χ2n) is 3.62. The highest BCUT2D eigenvalue weighted by Crippen LogP contribution is 2.20. The molecule has 1 saturated heterocycles. The molecule has 80 valence electrons. The van der Waals surface area contributed by atoms with Crippen LogP contribution in [0.15, 0.2) is 24.3 Å². The van der Waals surface area contributed by atoms with E-state index in [0.29, 0.717) is 18.0 Å². The van der Waals surface area contributed by atoms with Crippen LogP contribution in [0.4, 0.5) is 0 Å². The summed E-state index contributed by atoms with van der Waals surface area (Å²) in [6.07, 6.45) is 0.473. The summed E-state index contributed by atoms with van der Waals surface area (Å²) in [5.74, 6) is 0.0879. The van der Waals surface area contributed by atoms with Crippen molar-refractivity contribution in [1.82, 2.24) is 10.6 Å². The third kappa shape index (κ3) is 2.70. The van der Waals surface area contributed by atoms with E-state index in [1.807, 2.05) is 24.3 Å². The Morgan fingerprint density at radius 1 is 1.33 bits per heavy atom. The molecule has 0 radical (unpaired) electrons. The molecule has 4 heteroatoms. The standard InChI is InChI=1S/C11H13ClN2O/c12-9-3-1-2-8(6-9)10-7-11(15)14-5-4-13-10/h1-3,6,10,13H,4-5,7H2,(H,14,15). The third-order valence-corrected chi connectivity index (χ3v) is 2.71. The highest BCUT2D eigenvalue weighted by Gasteiger charge is 2.18. The molecule has 1 unspecified atom stereocenters. The molecular formula is C11H13ClN2O. The lowest BCUT2D eigenvalue weighted by Crippen LogP contribution is -2.24. The maximum atomic E-state index is 11.4. The average molecular weight is 225 g/mol.